The number of rotatable bonds is 1. The molecule has 3 rings (SSSR count). The average Bonchev–Trinajstić information content (AvgIpc) is 2.41. The number of fused-ring (bicyclic) bond motifs is 1. The molecule has 20 heavy (non-hydrogen) atoms. The molecule has 0 bridgehead atoms. The third-order valence-corrected chi connectivity index (χ3v) is 2.91. The molecule has 3 N–H and O–H groups in total. The van der Waals surface area contributed by atoms with Crippen molar-refractivity contribution in [3.8, 4) is 28.6 Å². The summed E-state index contributed by atoms with van der Waals surface area (Å²) in [6.45, 7) is 0. The molecule has 0 unspecified atom stereocenters. The Labute approximate surface area is 113 Å². The first-order chi connectivity index (χ1) is 9.56. The normalized spacial score (nSPS) is 10.8. The van der Waals surface area contributed by atoms with Crippen LogP contribution in [0.3, 0.4) is 0 Å². The van der Waals surface area contributed by atoms with Gasteiger partial charge in [-0.15, -0.1) is 0 Å². The van der Waals surface area contributed by atoms with Crippen LogP contribution in [0.25, 0.3) is 22.3 Å². The van der Waals surface area contributed by atoms with E-state index in [1.807, 2.05) is 0 Å². The summed E-state index contributed by atoms with van der Waals surface area (Å²) >= 11 is 0. The predicted molar refractivity (Wildman–Crippen MR) is 71.8 cm³/mol. The molecule has 1 radical (unpaired) electrons. The van der Waals surface area contributed by atoms with Crippen molar-refractivity contribution in [2.24, 2.45) is 0 Å². The Balaban J connectivity index is 2.34. The van der Waals surface area contributed by atoms with Crippen molar-refractivity contribution in [1.29, 1.82) is 0 Å². The van der Waals surface area contributed by atoms with E-state index in [1.165, 1.54) is 30.3 Å². The molecule has 0 amide bonds. The van der Waals surface area contributed by atoms with Crippen LogP contribution in [0.2, 0.25) is 0 Å². The molecule has 0 atom stereocenters. The van der Waals surface area contributed by atoms with Crippen LogP contribution in [-0.2, 0) is 0 Å². The molecule has 0 aliphatic rings. The SMILES string of the molecule is O=c1cc(-c2cc(O)ccc2O)oc2c[c]cc(O)c12. The van der Waals surface area contributed by atoms with Gasteiger partial charge in [-0.1, -0.05) is 0 Å². The first-order valence-corrected chi connectivity index (χ1v) is 5.75. The minimum Gasteiger partial charge on any atom is -0.508 e. The molecule has 0 aliphatic carbocycles. The first-order valence-electron chi connectivity index (χ1n) is 5.75. The van der Waals surface area contributed by atoms with Crippen LogP contribution in [0.5, 0.6) is 17.2 Å². The number of benzene rings is 2. The zero-order valence-electron chi connectivity index (χ0n) is 10.1. The van der Waals surface area contributed by atoms with Crippen LogP contribution in [0.4, 0.5) is 0 Å². The average molecular weight is 269 g/mol. The molecular weight excluding hydrogens is 260 g/mol. The fourth-order valence-electron chi connectivity index (χ4n) is 1.99. The lowest BCUT2D eigenvalue weighted by Crippen LogP contribution is -2.00. The maximum atomic E-state index is 12.0. The van der Waals surface area contributed by atoms with Crippen molar-refractivity contribution in [1.82, 2.24) is 0 Å². The van der Waals surface area contributed by atoms with Crippen molar-refractivity contribution < 1.29 is 19.7 Å². The van der Waals surface area contributed by atoms with Crippen molar-refractivity contribution in [3.05, 3.63) is 52.7 Å². The van der Waals surface area contributed by atoms with E-state index in [0.29, 0.717) is 0 Å². The minimum atomic E-state index is -0.449. The van der Waals surface area contributed by atoms with Gasteiger partial charge in [-0.05, 0) is 36.4 Å². The van der Waals surface area contributed by atoms with E-state index in [1.54, 1.807) is 0 Å². The molecule has 1 aromatic heterocycles. The zero-order valence-corrected chi connectivity index (χ0v) is 10.1. The number of hydrogen-bond donors (Lipinski definition) is 3. The third-order valence-electron chi connectivity index (χ3n) is 2.91. The van der Waals surface area contributed by atoms with Gasteiger partial charge in [0.15, 0.2) is 5.43 Å². The van der Waals surface area contributed by atoms with Crippen molar-refractivity contribution in [2.45, 2.75) is 0 Å². The molecule has 0 saturated carbocycles. The van der Waals surface area contributed by atoms with E-state index < -0.39 is 5.43 Å². The Morgan fingerprint density at radius 2 is 1.80 bits per heavy atom. The predicted octanol–water partition coefficient (Wildman–Crippen LogP) is 2.38. The van der Waals surface area contributed by atoms with Crippen molar-refractivity contribution >= 4 is 11.0 Å². The summed E-state index contributed by atoms with van der Waals surface area (Å²) < 4.78 is 5.48. The zero-order chi connectivity index (χ0) is 14.3. The third kappa shape index (κ3) is 1.85. The molecule has 0 saturated heterocycles. The highest BCUT2D eigenvalue weighted by atomic mass is 16.3. The molecule has 1 heterocycles. The Hall–Kier alpha value is -2.95. The number of phenols is 3. The van der Waals surface area contributed by atoms with Crippen LogP contribution in [0.1, 0.15) is 0 Å². The summed E-state index contributed by atoms with van der Waals surface area (Å²) in [5.74, 6) is -0.324. The maximum Gasteiger partial charge on any atom is 0.197 e. The molecule has 3 aromatic rings. The molecule has 2 aromatic carbocycles. The Bertz CT molecular complexity index is 864. The Morgan fingerprint density at radius 3 is 2.60 bits per heavy atom. The number of aromatic hydroxyl groups is 3. The lowest BCUT2D eigenvalue weighted by atomic mass is 10.1. The molecule has 99 valence electrons. The van der Waals surface area contributed by atoms with Crippen LogP contribution in [0, 0.1) is 6.07 Å². The van der Waals surface area contributed by atoms with Gasteiger partial charge in [0, 0.05) is 6.07 Å². The Kier molecular flexibility index (Phi) is 2.61. The molecule has 0 spiro atoms. The highest BCUT2D eigenvalue weighted by molar-refractivity contribution is 5.84. The van der Waals surface area contributed by atoms with E-state index in [4.69, 9.17) is 4.42 Å². The fraction of sp³-hybridized carbons (Fsp3) is 0. The van der Waals surface area contributed by atoms with E-state index >= 15 is 0 Å². The second-order valence-electron chi connectivity index (χ2n) is 4.26. The monoisotopic (exact) mass is 269 g/mol. The summed E-state index contributed by atoms with van der Waals surface area (Å²) in [6.07, 6.45) is 0. The molecular formula is C15H9O5. The highest BCUT2D eigenvalue weighted by Gasteiger charge is 2.13. The van der Waals surface area contributed by atoms with Gasteiger partial charge in [-0.3, -0.25) is 4.79 Å². The molecule has 0 aliphatic heterocycles. The van der Waals surface area contributed by atoms with Gasteiger partial charge in [0.05, 0.1) is 5.56 Å². The van der Waals surface area contributed by atoms with E-state index in [-0.39, 0.29) is 39.5 Å². The minimum absolute atomic E-state index is 0.0483. The van der Waals surface area contributed by atoms with E-state index in [2.05, 4.69) is 6.07 Å². The second kappa shape index (κ2) is 4.31. The summed E-state index contributed by atoms with van der Waals surface area (Å²) in [4.78, 5) is 12.0. The lowest BCUT2D eigenvalue weighted by molar-refractivity contribution is 0.459. The van der Waals surface area contributed by atoms with Crippen LogP contribution >= 0.6 is 0 Å². The van der Waals surface area contributed by atoms with Crippen LogP contribution in [-0.4, -0.2) is 15.3 Å². The van der Waals surface area contributed by atoms with Gasteiger partial charge in [-0.2, -0.15) is 0 Å². The first kappa shape index (κ1) is 12.1. The quantitative estimate of drug-likeness (QED) is 0.590. The summed E-state index contributed by atoms with van der Waals surface area (Å²) in [7, 11) is 0. The Morgan fingerprint density at radius 1 is 1.00 bits per heavy atom. The maximum absolute atomic E-state index is 12.0. The topological polar surface area (TPSA) is 90.9 Å². The van der Waals surface area contributed by atoms with Gasteiger partial charge >= 0.3 is 0 Å². The van der Waals surface area contributed by atoms with Gasteiger partial charge in [0.2, 0.25) is 0 Å². The summed E-state index contributed by atoms with van der Waals surface area (Å²) in [6, 6.07) is 10.4. The molecule has 5 heteroatoms. The van der Waals surface area contributed by atoms with E-state index in [9.17, 15) is 20.1 Å². The van der Waals surface area contributed by atoms with Gasteiger partial charge < -0.3 is 19.7 Å². The lowest BCUT2D eigenvalue weighted by Gasteiger charge is -2.06. The van der Waals surface area contributed by atoms with Crippen LogP contribution < -0.4 is 5.43 Å². The highest BCUT2D eigenvalue weighted by Crippen LogP contribution is 2.33. The molecule has 0 fully saturated rings. The van der Waals surface area contributed by atoms with Gasteiger partial charge in [-0.25, -0.2) is 0 Å². The number of phenolic OH excluding ortho intramolecular Hbond substituents is 3. The van der Waals surface area contributed by atoms with Crippen LogP contribution in [0.15, 0.2) is 45.6 Å². The van der Waals surface area contributed by atoms with Crippen molar-refractivity contribution in [3.63, 3.8) is 0 Å². The molecule has 5 nitrogen and oxygen atoms in total. The van der Waals surface area contributed by atoms with E-state index in [0.717, 1.165) is 6.07 Å². The standard InChI is InChI=1S/C15H9O5/c16-8-4-5-10(17)9(6-8)14-7-12(19)15-11(18)2-1-3-13(15)20-14/h2-7,16-18H. The van der Waals surface area contributed by atoms with Crippen molar-refractivity contribution in [2.75, 3.05) is 0 Å². The fourth-order valence-corrected chi connectivity index (χ4v) is 1.99. The largest absolute Gasteiger partial charge is 0.508 e. The van der Waals surface area contributed by atoms with Gasteiger partial charge in [0.25, 0.3) is 0 Å². The summed E-state index contributed by atoms with van der Waals surface area (Å²) in [5, 5.41) is 28.9. The second-order valence-corrected chi connectivity index (χ2v) is 4.26. The summed E-state index contributed by atoms with van der Waals surface area (Å²) in [5.41, 5.74) is -0.113. The van der Waals surface area contributed by atoms with Gasteiger partial charge in [0.1, 0.15) is 34.0 Å². The smallest absolute Gasteiger partial charge is 0.197 e. The number of hydrogen-bond acceptors (Lipinski definition) is 5.